The molecule has 0 aromatic heterocycles. The average Bonchev–Trinajstić information content (AvgIpc) is 2.54. The van der Waals surface area contributed by atoms with Gasteiger partial charge in [-0.05, 0) is 44.2 Å². The Morgan fingerprint density at radius 1 is 1.00 bits per heavy atom. The lowest BCUT2D eigenvalue weighted by atomic mass is 10.2. The van der Waals surface area contributed by atoms with Gasteiger partial charge in [-0.3, -0.25) is 10.1 Å². The van der Waals surface area contributed by atoms with E-state index in [2.05, 4.69) is 0 Å². The summed E-state index contributed by atoms with van der Waals surface area (Å²) in [6, 6.07) is 11.1. The Kier molecular flexibility index (Phi) is 5.26. The highest BCUT2D eigenvalue weighted by Crippen LogP contribution is 2.18. The molecule has 0 atom stereocenters. The number of carbonyl (C=O) groups is 2. The van der Waals surface area contributed by atoms with E-state index < -0.39 is 16.9 Å². The summed E-state index contributed by atoms with van der Waals surface area (Å²) < 4.78 is 10.3. The Hall–Kier alpha value is -3.22. The fraction of sp³-hybridized carbons (Fsp3) is 0.176. The number of esters is 2. The molecule has 0 saturated heterocycles. The van der Waals surface area contributed by atoms with E-state index in [1.807, 2.05) is 0 Å². The van der Waals surface area contributed by atoms with Crippen LogP contribution < -0.4 is 4.74 Å². The number of non-ortho nitro benzene ring substituents is 1. The third kappa shape index (κ3) is 4.39. The van der Waals surface area contributed by atoms with E-state index in [9.17, 15) is 19.7 Å². The number of rotatable bonds is 5. The molecule has 2 aromatic carbocycles. The number of hydrogen-bond donors (Lipinski definition) is 0. The van der Waals surface area contributed by atoms with Crippen molar-refractivity contribution >= 4 is 17.6 Å². The van der Waals surface area contributed by atoms with Crippen LogP contribution in [0, 0.1) is 10.1 Å². The molecule has 0 aliphatic rings. The first-order valence-corrected chi connectivity index (χ1v) is 7.14. The van der Waals surface area contributed by atoms with Crippen LogP contribution in [0.2, 0.25) is 0 Å². The van der Waals surface area contributed by atoms with Crippen molar-refractivity contribution < 1.29 is 24.0 Å². The molecular formula is C17H15NO6. The van der Waals surface area contributed by atoms with Crippen LogP contribution in [0.1, 0.15) is 34.6 Å². The molecule has 0 aliphatic heterocycles. The maximum Gasteiger partial charge on any atom is 0.343 e. The Morgan fingerprint density at radius 3 is 2.25 bits per heavy atom. The van der Waals surface area contributed by atoms with Crippen LogP contribution in [-0.2, 0) is 4.74 Å². The molecular weight excluding hydrogens is 314 g/mol. The van der Waals surface area contributed by atoms with Crippen LogP contribution in [-0.4, -0.2) is 23.0 Å². The van der Waals surface area contributed by atoms with Crippen molar-refractivity contribution in [3.05, 3.63) is 69.8 Å². The van der Waals surface area contributed by atoms with Crippen molar-refractivity contribution in [2.45, 2.75) is 20.0 Å². The Bertz CT molecular complexity index is 767. The van der Waals surface area contributed by atoms with Gasteiger partial charge in [0.05, 0.1) is 22.2 Å². The molecule has 0 N–H and O–H groups in total. The molecule has 2 aromatic rings. The summed E-state index contributed by atoms with van der Waals surface area (Å²) in [6.07, 6.45) is -0.260. The number of nitro groups is 1. The second-order valence-electron chi connectivity index (χ2n) is 5.18. The molecule has 0 fully saturated rings. The molecule has 0 aliphatic carbocycles. The van der Waals surface area contributed by atoms with E-state index in [4.69, 9.17) is 9.47 Å². The maximum absolute atomic E-state index is 12.0. The lowest BCUT2D eigenvalue weighted by molar-refractivity contribution is -0.384. The lowest BCUT2D eigenvalue weighted by Crippen LogP contribution is -2.12. The molecule has 2 rings (SSSR count). The van der Waals surface area contributed by atoms with Gasteiger partial charge in [0, 0.05) is 12.1 Å². The fourth-order valence-electron chi connectivity index (χ4n) is 1.85. The minimum absolute atomic E-state index is 0.120. The number of carbonyl (C=O) groups excluding carboxylic acids is 2. The monoisotopic (exact) mass is 329 g/mol. The second kappa shape index (κ2) is 7.36. The SMILES string of the molecule is CC(C)OC(=O)c1cccc(OC(=O)c2ccc([N+](=O)[O-])cc2)c1. The van der Waals surface area contributed by atoms with Gasteiger partial charge in [0.2, 0.25) is 0 Å². The third-order valence-corrected chi connectivity index (χ3v) is 2.94. The average molecular weight is 329 g/mol. The minimum atomic E-state index is -0.681. The van der Waals surface area contributed by atoms with Gasteiger partial charge in [-0.1, -0.05) is 6.07 Å². The van der Waals surface area contributed by atoms with Gasteiger partial charge in [-0.15, -0.1) is 0 Å². The van der Waals surface area contributed by atoms with Crippen LogP contribution in [0.25, 0.3) is 0 Å². The fourth-order valence-corrected chi connectivity index (χ4v) is 1.85. The molecule has 0 saturated carbocycles. The van der Waals surface area contributed by atoms with Gasteiger partial charge >= 0.3 is 11.9 Å². The number of benzene rings is 2. The van der Waals surface area contributed by atoms with Gasteiger partial charge in [-0.25, -0.2) is 9.59 Å². The molecule has 0 heterocycles. The smallest absolute Gasteiger partial charge is 0.343 e. The summed E-state index contributed by atoms with van der Waals surface area (Å²) in [5, 5.41) is 10.6. The van der Waals surface area contributed by atoms with E-state index in [1.165, 1.54) is 36.4 Å². The minimum Gasteiger partial charge on any atom is -0.459 e. The summed E-state index contributed by atoms with van der Waals surface area (Å²) in [7, 11) is 0. The Balaban J connectivity index is 2.11. The molecule has 0 amide bonds. The van der Waals surface area contributed by atoms with Gasteiger partial charge in [0.1, 0.15) is 5.75 Å². The standard InChI is InChI=1S/C17H15NO6/c1-11(2)23-17(20)13-4-3-5-15(10-13)24-16(19)12-6-8-14(9-7-12)18(21)22/h3-11H,1-2H3. The van der Waals surface area contributed by atoms with Crippen molar-refractivity contribution in [1.29, 1.82) is 0 Å². The number of nitrogens with zero attached hydrogens (tertiary/aromatic N) is 1. The first-order chi connectivity index (χ1) is 11.4. The molecule has 124 valence electrons. The van der Waals surface area contributed by atoms with Gasteiger partial charge in [-0.2, -0.15) is 0 Å². The molecule has 0 unspecified atom stereocenters. The Labute approximate surface area is 138 Å². The zero-order valence-electron chi connectivity index (χ0n) is 13.1. The van der Waals surface area contributed by atoms with Gasteiger partial charge < -0.3 is 9.47 Å². The first-order valence-electron chi connectivity index (χ1n) is 7.14. The maximum atomic E-state index is 12.0. The van der Waals surface area contributed by atoms with Crippen molar-refractivity contribution in [3.8, 4) is 5.75 Å². The zero-order chi connectivity index (χ0) is 17.7. The second-order valence-corrected chi connectivity index (χ2v) is 5.18. The molecule has 7 nitrogen and oxygen atoms in total. The summed E-state index contributed by atoms with van der Waals surface area (Å²) in [4.78, 5) is 33.9. The highest BCUT2D eigenvalue weighted by Gasteiger charge is 2.14. The van der Waals surface area contributed by atoms with Crippen molar-refractivity contribution in [2.75, 3.05) is 0 Å². The molecule has 7 heteroatoms. The predicted molar refractivity (Wildman–Crippen MR) is 85.0 cm³/mol. The van der Waals surface area contributed by atoms with E-state index in [0.717, 1.165) is 0 Å². The largest absolute Gasteiger partial charge is 0.459 e. The van der Waals surface area contributed by atoms with Crippen molar-refractivity contribution in [2.24, 2.45) is 0 Å². The lowest BCUT2D eigenvalue weighted by Gasteiger charge is -2.09. The normalized spacial score (nSPS) is 10.3. The van der Waals surface area contributed by atoms with Crippen LogP contribution in [0.3, 0.4) is 0 Å². The topological polar surface area (TPSA) is 95.7 Å². The van der Waals surface area contributed by atoms with E-state index in [0.29, 0.717) is 0 Å². The summed E-state index contributed by atoms with van der Waals surface area (Å²) >= 11 is 0. The molecule has 0 bridgehead atoms. The summed E-state index contributed by atoms with van der Waals surface area (Å²) in [6.45, 7) is 3.47. The van der Waals surface area contributed by atoms with E-state index in [-0.39, 0.29) is 28.7 Å². The molecule has 0 radical (unpaired) electrons. The highest BCUT2D eigenvalue weighted by atomic mass is 16.6. The number of hydrogen-bond acceptors (Lipinski definition) is 6. The van der Waals surface area contributed by atoms with Crippen LogP contribution in [0.5, 0.6) is 5.75 Å². The Morgan fingerprint density at radius 2 is 1.67 bits per heavy atom. The van der Waals surface area contributed by atoms with E-state index in [1.54, 1.807) is 26.0 Å². The first kappa shape index (κ1) is 17.1. The van der Waals surface area contributed by atoms with Gasteiger partial charge in [0.15, 0.2) is 0 Å². The summed E-state index contributed by atoms with van der Waals surface area (Å²) in [5.74, 6) is -1.02. The zero-order valence-corrected chi connectivity index (χ0v) is 13.1. The molecule has 24 heavy (non-hydrogen) atoms. The number of nitro benzene ring substituents is 1. The third-order valence-electron chi connectivity index (χ3n) is 2.94. The van der Waals surface area contributed by atoms with Crippen LogP contribution >= 0.6 is 0 Å². The quantitative estimate of drug-likeness (QED) is 0.361. The highest BCUT2D eigenvalue weighted by molar-refractivity contribution is 5.92. The van der Waals surface area contributed by atoms with Crippen LogP contribution in [0.15, 0.2) is 48.5 Å². The van der Waals surface area contributed by atoms with Gasteiger partial charge in [0.25, 0.3) is 5.69 Å². The predicted octanol–water partition coefficient (Wildman–Crippen LogP) is 3.38. The van der Waals surface area contributed by atoms with Crippen molar-refractivity contribution in [1.82, 2.24) is 0 Å². The molecule has 0 spiro atoms. The van der Waals surface area contributed by atoms with E-state index >= 15 is 0 Å². The van der Waals surface area contributed by atoms with Crippen molar-refractivity contribution in [3.63, 3.8) is 0 Å². The number of ether oxygens (including phenoxy) is 2. The van der Waals surface area contributed by atoms with Crippen LogP contribution in [0.4, 0.5) is 5.69 Å². The summed E-state index contributed by atoms with van der Waals surface area (Å²) in [5.41, 5.74) is 0.304.